The van der Waals surface area contributed by atoms with E-state index in [1.165, 1.54) is 18.9 Å². The smallest absolute Gasteiger partial charge is 0.398 e. The Labute approximate surface area is 186 Å². The van der Waals surface area contributed by atoms with Crippen molar-refractivity contribution in [3.63, 3.8) is 0 Å². The number of nitrogens with one attached hydrogen (secondary N) is 1. The van der Waals surface area contributed by atoms with Crippen molar-refractivity contribution in [3.05, 3.63) is 54.2 Å². The number of aromatic nitrogens is 4. The summed E-state index contributed by atoms with van der Waals surface area (Å²) in [6.45, 7) is -0.383. The highest BCUT2D eigenvalue weighted by molar-refractivity contribution is 5.95. The van der Waals surface area contributed by atoms with Gasteiger partial charge in [0.2, 0.25) is 11.7 Å². The predicted octanol–water partition coefficient (Wildman–Crippen LogP) is 3.98. The van der Waals surface area contributed by atoms with Crippen molar-refractivity contribution in [2.45, 2.75) is 38.7 Å². The number of hydrogen-bond acceptors (Lipinski definition) is 5. The van der Waals surface area contributed by atoms with Gasteiger partial charge >= 0.3 is 6.18 Å². The average molecular weight is 458 g/mol. The molecule has 1 aliphatic rings. The fourth-order valence-corrected chi connectivity index (χ4v) is 3.82. The van der Waals surface area contributed by atoms with Gasteiger partial charge in [0.05, 0.1) is 23.3 Å². The molecule has 0 aliphatic heterocycles. The molecule has 1 amide bonds. The van der Waals surface area contributed by atoms with Gasteiger partial charge in [-0.3, -0.25) is 4.79 Å². The quantitative estimate of drug-likeness (QED) is 0.408. The molecule has 0 unspecified atom stereocenters. The number of carbonyl (C=O) groups is 1. The Morgan fingerprint density at radius 2 is 2.09 bits per heavy atom. The number of amides is 1. The van der Waals surface area contributed by atoms with Gasteiger partial charge in [0.15, 0.2) is 0 Å². The van der Waals surface area contributed by atoms with Gasteiger partial charge in [-0.05, 0) is 43.0 Å². The fraction of sp³-hybridized carbons (Fsp3) is 0.318. The van der Waals surface area contributed by atoms with Crippen molar-refractivity contribution in [1.29, 1.82) is 0 Å². The van der Waals surface area contributed by atoms with Crippen LogP contribution in [0, 0.1) is 5.92 Å². The van der Waals surface area contributed by atoms with Gasteiger partial charge in [0.25, 0.3) is 5.91 Å². The van der Waals surface area contributed by atoms with E-state index in [0.29, 0.717) is 28.1 Å². The summed E-state index contributed by atoms with van der Waals surface area (Å²) in [5, 5.41) is 6.99. The molecular formula is C22H21F3N6O2. The highest BCUT2D eigenvalue weighted by Crippen LogP contribution is 2.33. The van der Waals surface area contributed by atoms with E-state index in [9.17, 15) is 18.0 Å². The first-order chi connectivity index (χ1) is 15.8. The fourth-order valence-electron chi connectivity index (χ4n) is 3.82. The van der Waals surface area contributed by atoms with E-state index >= 15 is 0 Å². The lowest BCUT2D eigenvalue weighted by molar-refractivity contribution is -0.139. The van der Waals surface area contributed by atoms with Crippen LogP contribution in [0.4, 0.5) is 18.9 Å². The summed E-state index contributed by atoms with van der Waals surface area (Å²) in [6, 6.07) is 7.99. The lowest BCUT2D eigenvalue weighted by Crippen LogP contribution is -2.22. The van der Waals surface area contributed by atoms with Gasteiger partial charge in [-0.15, -0.1) is 0 Å². The maximum absolute atomic E-state index is 13.2. The molecule has 172 valence electrons. The molecular weight excluding hydrogens is 437 g/mol. The van der Waals surface area contributed by atoms with Crippen molar-refractivity contribution in [1.82, 2.24) is 24.6 Å². The van der Waals surface area contributed by atoms with Gasteiger partial charge in [-0.25, -0.2) is 0 Å². The van der Waals surface area contributed by atoms with Crippen molar-refractivity contribution in [2.24, 2.45) is 5.92 Å². The Morgan fingerprint density at radius 1 is 1.27 bits per heavy atom. The number of fused-ring (bicyclic) bond motifs is 1. The standard InChI is InChI=1S/C22H21F3N6O2/c23-22(24,25)12-31-17-3-1-2-16(26)15(17)8-18(31)20-28-19(33-29-20)9-27-21(32)14-6-7-30(11-14)10-13-4-5-13/h1-3,6-8,11,13H,4-5,9-10,12,26H2,(H,27,32). The van der Waals surface area contributed by atoms with Crippen LogP contribution in [0.2, 0.25) is 0 Å². The Hall–Kier alpha value is -3.76. The molecule has 0 bridgehead atoms. The van der Waals surface area contributed by atoms with E-state index in [1.807, 2.05) is 10.8 Å². The molecule has 4 aromatic rings. The summed E-state index contributed by atoms with van der Waals surface area (Å²) < 4.78 is 47.9. The molecule has 0 spiro atoms. The number of nitrogens with two attached hydrogens (primary N) is 1. The van der Waals surface area contributed by atoms with E-state index in [-0.39, 0.29) is 29.9 Å². The highest BCUT2D eigenvalue weighted by Gasteiger charge is 2.31. The van der Waals surface area contributed by atoms with Crippen LogP contribution in [-0.2, 0) is 19.6 Å². The molecule has 1 saturated carbocycles. The van der Waals surface area contributed by atoms with Crippen LogP contribution in [0.25, 0.3) is 22.4 Å². The van der Waals surface area contributed by atoms with Crippen molar-refractivity contribution in [3.8, 4) is 11.5 Å². The molecule has 8 nitrogen and oxygen atoms in total. The Balaban J connectivity index is 1.34. The molecule has 5 rings (SSSR count). The molecule has 0 radical (unpaired) electrons. The summed E-state index contributed by atoms with van der Waals surface area (Å²) in [6.07, 6.45) is 1.62. The summed E-state index contributed by atoms with van der Waals surface area (Å²) in [5.74, 6) is 0.443. The number of nitrogens with zero attached hydrogens (tertiary/aromatic N) is 4. The maximum atomic E-state index is 13.2. The van der Waals surface area contributed by atoms with Crippen LogP contribution in [0.15, 0.2) is 47.2 Å². The zero-order valence-corrected chi connectivity index (χ0v) is 17.5. The zero-order valence-electron chi connectivity index (χ0n) is 17.5. The molecule has 3 aromatic heterocycles. The second kappa shape index (κ2) is 7.98. The molecule has 11 heteroatoms. The first kappa shape index (κ1) is 21.1. The Kier molecular flexibility index (Phi) is 5.10. The lowest BCUT2D eigenvalue weighted by atomic mass is 10.2. The molecule has 1 fully saturated rings. The molecule has 1 aliphatic carbocycles. The molecule has 3 N–H and O–H groups in total. The van der Waals surface area contributed by atoms with Gasteiger partial charge in [0, 0.05) is 30.0 Å². The lowest BCUT2D eigenvalue weighted by Gasteiger charge is -2.11. The van der Waals surface area contributed by atoms with Gasteiger partial charge in [0.1, 0.15) is 6.54 Å². The minimum Gasteiger partial charge on any atom is -0.398 e. The third-order valence-electron chi connectivity index (χ3n) is 5.59. The Morgan fingerprint density at radius 3 is 2.85 bits per heavy atom. The van der Waals surface area contributed by atoms with E-state index < -0.39 is 12.7 Å². The monoisotopic (exact) mass is 458 g/mol. The third-order valence-corrected chi connectivity index (χ3v) is 5.59. The summed E-state index contributed by atoms with van der Waals surface area (Å²) in [5.41, 5.74) is 7.24. The third kappa shape index (κ3) is 4.57. The molecule has 3 heterocycles. The maximum Gasteiger partial charge on any atom is 0.406 e. The summed E-state index contributed by atoms with van der Waals surface area (Å²) in [4.78, 5) is 16.6. The number of nitrogen functional groups attached to an aromatic ring is 1. The number of hydrogen-bond donors (Lipinski definition) is 2. The van der Waals surface area contributed by atoms with Gasteiger partial charge in [-0.2, -0.15) is 18.2 Å². The SMILES string of the molecule is Nc1cccc2c1cc(-c1noc(CNC(=O)c3ccn(CC4CC4)c3)n1)n2CC(F)(F)F. The normalized spacial score (nSPS) is 14.2. The number of benzene rings is 1. The van der Waals surface area contributed by atoms with Crippen LogP contribution >= 0.6 is 0 Å². The number of carbonyl (C=O) groups excluding carboxylic acids is 1. The highest BCUT2D eigenvalue weighted by atomic mass is 19.4. The number of rotatable bonds is 7. The first-order valence-electron chi connectivity index (χ1n) is 10.5. The Bertz CT molecular complexity index is 1320. The van der Waals surface area contributed by atoms with E-state index in [2.05, 4.69) is 15.5 Å². The topological polar surface area (TPSA) is 104 Å². The van der Waals surface area contributed by atoms with E-state index in [4.69, 9.17) is 10.3 Å². The minimum absolute atomic E-state index is 0.0188. The second-order valence-corrected chi connectivity index (χ2v) is 8.25. The van der Waals surface area contributed by atoms with Gasteiger partial charge < -0.3 is 24.7 Å². The first-order valence-corrected chi connectivity index (χ1v) is 10.5. The predicted molar refractivity (Wildman–Crippen MR) is 114 cm³/mol. The van der Waals surface area contributed by atoms with Crippen LogP contribution in [0.1, 0.15) is 29.1 Å². The molecule has 0 atom stereocenters. The molecule has 1 aromatic carbocycles. The minimum atomic E-state index is -4.46. The summed E-state index contributed by atoms with van der Waals surface area (Å²) >= 11 is 0. The molecule has 0 saturated heterocycles. The zero-order chi connectivity index (χ0) is 23.2. The summed E-state index contributed by atoms with van der Waals surface area (Å²) in [7, 11) is 0. The molecule has 33 heavy (non-hydrogen) atoms. The number of alkyl halides is 3. The van der Waals surface area contributed by atoms with Crippen LogP contribution in [-0.4, -0.2) is 31.4 Å². The largest absolute Gasteiger partial charge is 0.406 e. The van der Waals surface area contributed by atoms with Crippen molar-refractivity contribution < 1.29 is 22.5 Å². The van der Waals surface area contributed by atoms with Gasteiger partial charge in [-0.1, -0.05) is 11.2 Å². The van der Waals surface area contributed by atoms with Crippen LogP contribution in [0.3, 0.4) is 0 Å². The van der Waals surface area contributed by atoms with E-state index in [0.717, 1.165) is 11.1 Å². The number of halogens is 3. The van der Waals surface area contributed by atoms with Crippen LogP contribution < -0.4 is 11.1 Å². The van der Waals surface area contributed by atoms with Crippen LogP contribution in [0.5, 0.6) is 0 Å². The second-order valence-electron chi connectivity index (χ2n) is 8.25. The van der Waals surface area contributed by atoms with Crippen molar-refractivity contribution in [2.75, 3.05) is 5.73 Å². The number of anilines is 1. The van der Waals surface area contributed by atoms with Crippen molar-refractivity contribution >= 4 is 22.5 Å². The average Bonchev–Trinajstić information content (AvgIpc) is 3.14. The van der Waals surface area contributed by atoms with E-state index in [1.54, 1.807) is 30.5 Å².